The summed E-state index contributed by atoms with van der Waals surface area (Å²) in [5.41, 5.74) is 5.45. The number of allylic oxidation sites excluding steroid dienone is 1. The minimum Gasteiger partial charge on any atom is -0.481 e. The molecule has 13 heavy (non-hydrogen) atoms. The number of carboxylic acid groups (broad SMARTS) is 1. The van der Waals surface area contributed by atoms with Crippen LogP contribution in [0.3, 0.4) is 0 Å². The summed E-state index contributed by atoms with van der Waals surface area (Å²) >= 11 is 0. The number of rotatable bonds is 2. The van der Waals surface area contributed by atoms with E-state index in [2.05, 4.69) is 0 Å². The maximum Gasteiger partial charge on any atom is 0.305 e. The Morgan fingerprint density at radius 3 is 1.69 bits per heavy atom. The lowest BCUT2D eigenvalue weighted by molar-refractivity contribution is -0.140. The van der Waals surface area contributed by atoms with Gasteiger partial charge in [-0.1, -0.05) is 19.9 Å². The summed E-state index contributed by atoms with van der Waals surface area (Å²) in [4.78, 5) is 19.8. The maximum absolute atomic E-state index is 10.1. The predicted molar refractivity (Wildman–Crippen MR) is 51.1 cm³/mol. The Balaban J connectivity index is 0. The van der Waals surface area contributed by atoms with Crippen LogP contribution in [0.15, 0.2) is 11.6 Å². The number of carbonyl (C=O) groups excluding carboxylic acids is 1. The van der Waals surface area contributed by atoms with Gasteiger partial charge in [0.1, 0.15) is 0 Å². The summed E-state index contributed by atoms with van der Waals surface area (Å²) in [5, 5.41) is 7.99. The van der Waals surface area contributed by atoms with Crippen LogP contribution in [-0.4, -0.2) is 17.0 Å². The molecule has 0 aromatic rings. The van der Waals surface area contributed by atoms with Crippen LogP contribution in [0.2, 0.25) is 0 Å². The first-order chi connectivity index (χ1) is 5.82. The number of carboxylic acids is 1. The second-order valence-electron chi connectivity index (χ2n) is 2.83. The molecule has 0 aliphatic heterocycles. The van der Waals surface area contributed by atoms with Gasteiger partial charge in [-0.25, -0.2) is 0 Å². The third-order valence-electron chi connectivity index (χ3n) is 1.32. The van der Waals surface area contributed by atoms with E-state index in [1.807, 2.05) is 0 Å². The molecule has 0 unspecified atom stereocenters. The Morgan fingerprint density at radius 2 is 1.69 bits per heavy atom. The third-order valence-corrected chi connectivity index (χ3v) is 1.32. The number of hydrogen-bond acceptors (Lipinski definition) is 2. The summed E-state index contributed by atoms with van der Waals surface area (Å²) in [6, 6.07) is 0. The van der Waals surface area contributed by atoms with Gasteiger partial charge in [0.25, 0.3) is 0 Å². The number of primary amides is 1. The minimum atomic E-state index is -0.741. The molecule has 0 fully saturated rings. The topological polar surface area (TPSA) is 80.4 Å². The van der Waals surface area contributed by atoms with Crippen LogP contribution in [0.1, 0.15) is 27.7 Å². The van der Waals surface area contributed by atoms with Crippen LogP contribution in [0.5, 0.6) is 0 Å². The Labute approximate surface area is 78.4 Å². The van der Waals surface area contributed by atoms with Crippen molar-refractivity contribution in [2.45, 2.75) is 27.7 Å². The van der Waals surface area contributed by atoms with E-state index in [9.17, 15) is 9.59 Å². The van der Waals surface area contributed by atoms with Crippen LogP contribution >= 0.6 is 0 Å². The first kappa shape index (κ1) is 14.2. The zero-order valence-corrected chi connectivity index (χ0v) is 8.50. The molecule has 1 amide bonds. The quantitative estimate of drug-likeness (QED) is 0.636. The van der Waals surface area contributed by atoms with E-state index in [1.54, 1.807) is 33.8 Å². The van der Waals surface area contributed by atoms with E-state index in [0.29, 0.717) is 5.57 Å². The van der Waals surface area contributed by atoms with E-state index < -0.39 is 5.97 Å². The van der Waals surface area contributed by atoms with Crippen molar-refractivity contribution in [2.75, 3.05) is 0 Å². The van der Waals surface area contributed by atoms with E-state index in [4.69, 9.17) is 10.8 Å². The highest BCUT2D eigenvalue weighted by Gasteiger charge is 1.99. The van der Waals surface area contributed by atoms with Gasteiger partial charge in [-0.15, -0.1) is 0 Å². The average molecular weight is 187 g/mol. The van der Waals surface area contributed by atoms with Gasteiger partial charge >= 0.3 is 5.97 Å². The molecule has 0 radical (unpaired) electrons. The van der Waals surface area contributed by atoms with Crippen molar-refractivity contribution in [3.05, 3.63) is 11.6 Å². The van der Waals surface area contributed by atoms with Gasteiger partial charge in [0, 0.05) is 5.57 Å². The molecular weight excluding hydrogens is 170 g/mol. The molecule has 0 spiro atoms. The van der Waals surface area contributed by atoms with Crippen molar-refractivity contribution in [3.63, 3.8) is 0 Å². The summed E-state index contributed by atoms with van der Waals surface area (Å²) in [6.07, 6.45) is 1.68. The molecule has 0 heterocycles. The fourth-order valence-electron chi connectivity index (χ4n) is 0.142. The van der Waals surface area contributed by atoms with Crippen molar-refractivity contribution >= 4 is 11.9 Å². The SMILES string of the molecule is CC(C)C(=O)O.CC=C(C)C(N)=O. The molecule has 3 N–H and O–H groups in total. The Hall–Kier alpha value is -1.32. The number of carbonyl (C=O) groups is 2. The van der Waals surface area contributed by atoms with Gasteiger partial charge in [-0.2, -0.15) is 0 Å². The smallest absolute Gasteiger partial charge is 0.305 e. The zero-order valence-electron chi connectivity index (χ0n) is 8.50. The van der Waals surface area contributed by atoms with Gasteiger partial charge in [0.15, 0.2) is 0 Å². The van der Waals surface area contributed by atoms with Crippen LogP contribution in [0.25, 0.3) is 0 Å². The largest absolute Gasteiger partial charge is 0.481 e. The molecule has 0 saturated heterocycles. The predicted octanol–water partition coefficient (Wildman–Crippen LogP) is 1.16. The van der Waals surface area contributed by atoms with Crippen molar-refractivity contribution in [3.8, 4) is 0 Å². The Bertz CT molecular complexity index is 207. The fourth-order valence-corrected chi connectivity index (χ4v) is 0.142. The minimum absolute atomic E-state index is 0.231. The standard InChI is InChI=1S/C5H9NO.C4H8O2/c1-3-4(2)5(6)7;1-3(2)4(5)6/h3H,1-2H3,(H2,6,7);3H,1-2H3,(H,5,6). The van der Waals surface area contributed by atoms with Gasteiger partial charge in [0.05, 0.1) is 5.92 Å². The lowest BCUT2D eigenvalue weighted by atomic mass is 10.2. The normalized spacial score (nSPS) is 10.4. The monoisotopic (exact) mass is 187 g/mol. The Morgan fingerprint density at radius 1 is 1.38 bits per heavy atom. The molecule has 0 rings (SSSR count). The van der Waals surface area contributed by atoms with E-state index in [-0.39, 0.29) is 11.8 Å². The van der Waals surface area contributed by atoms with Crippen molar-refractivity contribution in [1.29, 1.82) is 0 Å². The first-order valence-electron chi connectivity index (χ1n) is 3.98. The Kier molecular flexibility index (Phi) is 8.02. The van der Waals surface area contributed by atoms with E-state index >= 15 is 0 Å². The summed E-state index contributed by atoms with van der Waals surface area (Å²) in [6.45, 7) is 6.74. The van der Waals surface area contributed by atoms with Gasteiger partial charge in [0.2, 0.25) is 5.91 Å². The number of nitrogens with two attached hydrogens (primary N) is 1. The van der Waals surface area contributed by atoms with Crippen LogP contribution < -0.4 is 5.73 Å². The van der Waals surface area contributed by atoms with Crippen LogP contribution in [-0.2, 0) is 9.59 Å². The van der Waals surface area contributed by atoms with E-state index in [0.717, 1.165) is 0 Å². The summed E-state index contributed by atoms with van der Waals surface area (Å²) < 4.78 is 0. The zero-order chi connectivity index (χ0) is 11.0. The first-order valence-corrected chi connectivity index (χ1v) is 3.98. The highest BCUT2D eigenvalue weighted by atomic mass is 16.4. The number of hydrogen-bond donors (Lipinski definition) is 2. The molecular formula is C9H17NO3. The second-order valence-corrected chi connectivity index (χ2v) is 2.83. The summed E-state index contributed by atoms with van der Waals surface area (Å²) in [5.74, 6) is -1.32. The second kappa shape index (κ2) is 7.34. The number of amides is 1. The molecule has 76 valence electrons. The van der Waals surface area contributed by atoms with Crippen molar-refractivity contribution < 1.29 is 14.7 Å². The molecule has 0 aliphatic rings. The lowest BCUT2D eigenvalue weighted by Crippen LogP contribution is -2.10. The molecule has 0 aliphatic carbocycles. The molecule has 0 bridgehead atoms. The molecule has 4 heteroatoms. The van der Waals surface area contributed by atoms with Gasteiger partial charge < -0.3 is 10.8 Å². The van der Waals surface area contributed by atoms with E-state index in [1.165, 1.54) is 0 Å². The fraction of sp³-hybridized carbons (Fsp3) is 0.556. The maximum atomic E-state index is 10.1. The highest BCUT2D eigenvalue weighted by molar-refractivity contribution is 5.91. The molecule has 4 nitrogen and oxygen atoms in total. The van der Waals surface area contributed by atoms with Crippen molar-refractivity contribution in [2.24, 2.45) is 11.7 Å². The van der Waals surface area contributed by atoms with Crippen molar-refractivity contribution in [1.82, 2.24) is 0 Å². The van der Waals surface area contributed by atoms with Crippen LogP contribution in [0, 0.1) is 5.92 Å². The molecule has 0 aromatic carbocycles. The summed E-state index contributed by atoms with van der Waals surface area (Å²) in [7, 11) is 0. The highest BCUT2D eigenvalue weighted by Crippen LogP contribution is 1.87. The number of aliphatic carboxylic acids is 1. The molecule has 0 atom stereocenters. The molecule has 0 aromatic heterocycles. The third kappa shape index (κ3) is 10.7. The lowest BCUT2D eigenvalue weighted by Gasteiger charge is -1.89. The average Bonchev–Trinajstić information content (AvgIpc) is 2.03. The van der Waals surface area contributed by atoms with Gasteiger partial charge in [-0.05, 0) is 13.8 Å². The van der Waals surface area contributed by atoms with Crippen LogP contribution in [0.4, 0.5) is 0 Å². The molecule has 0 saturated carbocycles. The van der Waals surface area contributed by atoms with Gasteiger partial charge in [-0.3, -0.25) is 9.59 Å².